The van der Waals surface area contributed by atoms with Gasteiger partial charge in [-0.15, -0.1) is 0 Å². The van der Waals surface area contributed by atoms with Crippen LogP contribution in [-0.2, 0) is 16.6 Å². The molecule has 0 radical (unpaired) electrons. The van der Waals surface area contributed by atoms with Gasteiger partial charge in [0.05, 0.1) is 6.26 Å². The molecule has 1 heterocycles. The van der Waals surface area contributed by atoms with E-state index in [1.165, 1.54) is 10.6 Å². The molecule has 1 fully saturated rings. The van der Waals surface area contributed by atoms with Gasteiger partial charge in [0, 0.05) is 45.5 Å². The number of nitrogens with zero attached hydrogens (tertiary/aromatic N) is 2. The van der Waals surface area contributed by atoms with Crippen LogP contribution in [0.3, 0.4) is 0 Å². The molecule has 1 aromatic rings. The van der Waals surface area contributed by atoms with Gasteiger partial charge in [-0.25, -0.2) is 17.5 Å². The van der Waals surface area contributed by atoms with E-state index in [0.717, 1.165) is 24.1 Å². The van der Waals surface area contributed by atoms with Gasteiger partial charge in [-0.2, -0.15) is 0 Å². The zero-order valence-electron chi connectivity index (χ0n) is 14.4. The highest BCUT2D eigenvalue weighted by Crippen LogP contribution is 2.13. The summed E-state index contributed by atoms with van der Waals surface area (Å²) in [4.78, 5) is 14.0. The molecular formula is C16H26N4O3S. The highest BCUT2D eigenvalue weighted by Gasteiger charge is 2.26. The summed E-state index contributed by atoms with van der Waals surface area (Å²) in [5.41, 5.74) is 2.11. The van der Waals surface area contributed by atoms with Crippen LogP contribution >= 0.6 is 0 Å². The second-order valence-corrected chi connectivity index (χ2v) is 8.33. The number of hydrogen-bond donors (Lipinski definition) is 2. The SMILES string of the molecule is CN(C)c1ccc(CNC(=O)NC2CCCN(S(C)(=O)=O)C2)cc1. The molecule has 1 aliphatic rings. The number of benzene rings is 1. The van der Waals surface area contributed by atoms with Crippen molar-refractivity contribution in [3.63, 3.8) is 0 Å². The first kappa shape index (κ1) is 18.5. The highest BCUT2D eigenvalue weighted by molar-refractivity contribution is 7.88. The van der Waals surface area contributed by atoms with Crippen molar-refractivity contribution in [3.8, 4) is 0 Å². The number of sulfonamides is 1. The Hall–Kier alpha value is -1.80. The van der Waals surface area contributed by atoms with Crippen LogP contribution in [0.15, 0.2) is 24.3 Å². The van der Waals surface area contributed by atoms with Crippen LogP contribution < -0.4 is 15.5 Å². The molecule has 8 heteroatoms. The van der Waals surface area contributed by atoms with Crippen LogP contribution in [0.2, 0.25) is 0 Å². The van der Waals surface area contributed by atoms with E-state index >= 15 is 0 Å². The molecule has 0 aromatic heterocycles. The maximum absolute atomic E-state index is 12.0. The maximum Gasteiger partial charge on any atom is 0.315 e. The summed E-state index contributed by atoms with van der Waals surface area (Å²) >= 11 is 0. The number of hydrogen-bond acceptors (Lipinski definition) is 4. The van der Waals surface area contributed by atoms with E-state index in [9.17, 15) is 13.2 Å². The molecule has 1 saturated heterocycles. The molecule has 0 bridgehead atoms. The van der Waals surface area contributed by atoms with Crippen molar-refractivity contribution in [1.82, 2.24) is 14.9 Å². The van der Waals surface area contributed by atoms with Crippen molar-refractivity contribution in [3.05, 3.63) is 29.8 Å². The summed E-state index contributed by atoms with van der Waals surface area (Å²) in [5.74, 6) is 0. The number of carbonyl (C=O) groups is 1. The van der Waals surface area contributed by atoms with E-state index in [0.29, 0.717) is 19.6 Å². The predicted octanol–water partition coefficient (Wildman–Crippen LogP) is 0.976. The molecule has 1 unspecified atom stereocenters. The van der Waals surface area contributed by atoms with Crippen molar-refractivity contribution in [2.75, 3.05) is 38.3 Å². The van der Waals surface area contributed by atoms with Gasteiger partial charge in [0.15, 0.2) is 0 Å². The van der Waals surface area contributed by atoms with Gasteiger partial charge in [-0.05, 0) is 30.5 Å². The molecule has 0 saturated carbocycles. The van der Waals surface area contributed by atoms with E-state index in [4.69, 9.17) is 0 Å². The second-order valence-electron chi connectivity index (χ2n) is 6.35. The van der Waals surface area contributed by atoms with Crippen LogP contribution in [0, 0.1) is 0 Å². The minimum absolute atomic E-state index is 0.149. The monoisotopic (exact) mass is 354 g/mol. The lowest BCUT2D eigenvalue weighted by molar-refractivity contribution is 0.225. The average Bonchev–Trinajstić information content (AvgIpc) is 2.53. The number of carbonyl (C=O) groups excluding carboxylic acids is 1. The lowest BCUT2D eigenvalue weighted by Crippen LogP contribution is -2.51. The van der Waals surface area contributed by atoms with Gasteiger partial charge in [0.2, 0.25) is 10.0 Å². The van der Waals surface area contributed by atoms with Crippen LogP contribution in [0.5, 0.6) is 0 Å². The van der Waals surface area contributed by atoms with E-state index < -0.39 is 10.0 Å². The third-order valence-electron chi connectivity index (χ3n) is 4.09. The third-order valence-corrected chi connectivity index (χ3v) is 5.36. The van der Waals surface area contributed by atoms with Crippen molar-refractivity contribution in [2.45, 2.75) is 25.4 Å². The molecule has 134 valence electrons. The van der Waals surface area contributed by atoms with Crippen LogP contribution in [0.4, 0.5) is 10.5 Å². The zero-order chi connectivity index (χ0) is 17.7. The number of amides is 2. The summed E-state index contributed by atoms with van der Waals surface area (Å²) in [5, 5.41) is 5.67. The molecule has 1 aromatic carbocycles. The predicted molar refractivity (Wildman–Crippen MR) is 95.6 cm³/mol. The Morgan fingerprint density at radius 3 is 2.54 bits per heavy atom. The smallest absolute Gasteiger partial charge is 0.315 e. The zero-order valence-corrected chi connectivity index (χ0v) is 15.3. The molecule has 7 nitrogen and oxygen atoms in total. The minimum atomic E-state index is -3.20. The van der Waals surface area contributed by atoms with Crippen LogP contribution in [-0.4, -0.2) is 58.2 Å². The van der Waals surface area contributed by atoms with E-state index in [-0.39, 0.29) is 12.1 Å². The fourth-order valence-electron chi connectivity index (χ4n) is 2.69. The molecule has 0 aliphatic carbocycles. The Labute approximate surface area is 144 Å². The molecular weight excluding hydrogens is 328 g/mol. The summed E-state index contributed by atoms with van der Waals surface area (Å²) in [6, 6.07) is 7.53. The van der Waals surface area contributed by atoms with Gasteiger partial charge >= 0.3 is 6.03 Å². The van der Waals surface area contributed by atoms with Crippen molar-refractivity contribution in [2.24, 2.45) is 0 Å². The van der Waals surface area contributed by atoms with Crippen LogP contribution in [0.1, 0.15) is 18.4 Å². The van der Waals surface area contributed by atoms with E-state index in [2.05, 4.69) is 10.6 Å². The summed E-state index contributed by atoms with van der Waals surface area (Å²) < 4.78 is 24.6. The first-order valence-electron chi connectivity index (χ1n) is 8.01. The Morgan fingerprint density at radius 2 is 1.96 bits per heavy atom. The average molecular weight is 354 g/mol. The Morgan fingerprint density at radius 1 is 1.29 bits per heavy atom. The van der Waals surface area contributed by atoms with Gasteiger partial charge in [-0.1, -0.05) is 12.1 Å². The number of rotatable bonds is 5. The van der Waals surface area contributed by atoms with E-state index in [1.54, 1.807) is 0 Å². The van der Waals surface area contributed by atoms with Gasteiger partial charge in [-0.3, -0.25) is 0 Å². The molecule has 1 atom stereocenters. The molecule has 0 spiro atoms. The van der Waals surface area contributed by atoms with E-state index in [1.807, 2.05) is 43.3 Å². The lowest BCUT2D eigenvalue weighted by Gasteiger charge is -2.31. The van der Waals surface area contributed by atoms with Crippen molar-refractivity contribution in [1.29, 1.82) is 0 Å². The molecule has 24 heavy (non-hydrogen) atoms. The lowest BCUT2D eigenvalue weighted by atomic mass is 10.1. The fraction of sp³-hybridized carbons (Fsp3) is 0.562. The standard InChI is InChI=1S/C16H26N4O3S/c1-19(2)15-8-6-13(7-9-15)11-17-16(21)18-14-5-4-10-20(12-14)24(3,22)23/h6-9,14H,4-5,10-12H2,1-3H3,(H2,17,18,21). The first-order valence-corrected chi connectivity index (χ1v) is 9.86. The topological polar surface area (TPSA) is 81.8 Å². The summed E-state index contributed by atoms with van der Waals surface area (Å²) in [7, 11) is 0.750. The van der Waals surface area contributed by atoms with Crippen LogP contribution in [0.25, 0.3) is 0 Å². The summed E-state index contributed by atoms with van der Waals surface area (Å²) in [6.07, 6.45) is 2.74. The number of urea groups is 1. The minimum Gasteiger partial charge on any atom is -0.378 e. The normalized spacial score (nSPS) is 18.9. The Balaban J connectivity index is 1.80. The third kappa shape index (κ3) is 5.38. The van der Waals surface area contributed by atoms with Gasteiger partial charge < -0.3 is 15.5 Å². The van der Waals surface area contributed by atoms with Gasteiger partial charge in [0.1, 0.15) is 0 Å². The number of piperidine rings is 1. The molecule has 1 aliphatic heterocycles. The Kier molecular flexibility index (Phi) is 6.06. The van der Waals surface area contributed by atoms with Gasteiger partial charge in [0.25, 0.3) is 0 Å². The summed E-state index contributed by atoms with van der Waals surface area (Å²) in [6.45, 7) is 1.29. The fourth-order valence-corrected chi connectivity index (χ4v) is 3.60. The second kappa shape index (κ2) is 7.85. The largest absolute Gasteiger partial charge is 0.378 e. The molecule has 2 rings (SSSR count). The Bertz CT molecular complexity index is 658. The molecule has 2 N–H and O–H groups in total. The molecule has 2 amide bonds. The quantitative estimate of drug-likeness (QED) is 0.826. The van der Waals surface area contributed by atoms with Crippen molar-refractivity contribution < 1.29 is 13.2 Å². The maximum atomic E-state index is 12.0. The van der Waals surface area contributed by atoms with Crippen molar-refractivity contribution >= 4 is 21.7 Å². The first-order chi connectivity index (χ1) is 11.3. The highest BCUT2D eigenvalue weighted by atomic mass is 32.2. The number of anilines is 1. The number of nitrogens with one attached hydrogen (secondary N) is 2.